The fraction of sp³-hybridized carbons (Fsp3) is 0.615. The van der Waals surface area contributed by atoms with Crippen LogP contribution in [0.4, 0.5) is 13.6 Å². The predicted octanol–water partition coefficient (Wildman–Crippen LogP) is 2.95. The molecule has 204 valence electrons. The van der Waals surface area contributed by atoms with E-state index in [-0.39, 0.29) is 43.8 Å². The first kappa shape index (κ1) is 28.3. The number of halogens is 2. The van der Waals surface area contributed by atoms with Gasteiger partial charge in [0, 0.05) is 50.5 Å². The van der Waals surface area contributed by atoms with Crippen LogP contribution in [0.5, 0.6) is 0 Å². The molecule has 9 nitrogen and oxygen atoms in total. The van der Waals surface area contributed by atoms with Crippen LogP contribution in [0, 0.1) is 0 Å². The van der Waals surface area contributed by atoms with Gasteiger partial charge in [0.25, 0.3) is 11.8 Å². The molecule has 0 unspecified atom stereocenters. The molecular weight excluding hydrogens is 486 g/mol. The Balaban J connectivity index is 1.65. The normalized spacial score (nSPS) is 20.4. The Morgan fingerprint density at radius 2 is 1.89 bits per heavy atom. The van der Waals surface area contributed by atoms with Crippen molar-refractivity contribution in [1.82, 2.24) is 20.4 Å². The van der Waals surface area contributed by atoms with Gasteiger partial charge in [0.05, 0.1) is 12.6 Å². The highest BCUT2D eigenvalue weighted by Gasteiger charge is 2.40. The number of amides is 4. The number of alkyl halides is 2. The molecule has 2 atom stereocenters. The zero-order valence-electron chi connectivity index (χ0n) is 21.6. The van der Waals surface area contributed by atoms with Crippen LogP contribution in [-0.2, 0) is 14.3 Å². The Bertz CT molecular complexity index is 983. The molecule has 4 amide bonds. The lowest BCUT2D eigenvalue weighted by molar-refractivity contribution is -0.148. The summed E-state index contributed by atoms with van der Waals surface area (Å²) in [6.45, 7) is 4.79. The van der Waals surface area contributed by atoms with Crippen molar-refractivity contribution in [1.29, 1.82) is 0 Å². The summed E-state index contributed by atoms with van der Waals surface area (Å²) in [6.07, 6.45) is -0.363. The van der Waals surface area contributed by atoms with Gasteiger partial charge in [0.1, 0.15) is 5.60 Å². The van der Waals surface area contributed by atoms with Crippen LogP contribution in [0.15, 0.2) is 30.3 Å². The van der Waals surface area contributed by atoms with Crippen LogP contribution >= 0.6 is 0 Å². The summed E-state index contributed by atoms with van der Waals surface area (Å²) < 4.78 is 33.2. The second-order valence-electron chi connectivity index (χ2n) is 10.6. The molecule has 2 fully saturated rings. The van der Waals surface area contributed by atoms with E-state index in [1.54, 1.807) is 49.9 Å². The molecule has 2 aliphatic rings. The van der Waals surface area contributed by atoms with Gasteiger partial charge in [-0.2, -0.15) is 0 Å². The van der Waals surface area contributed by atoms with E-state index >= 15 is 0 Å². The number of nitrogens with one attached hydrogen (secondary N) is 2. The zero-order valence-corrected chi connectivity index (χ0v) is 21.6. The van der Waals surface area contributed by atoms with Crippen LogP contribution in [0.3, 0.4) is 0 Å². The van der Waals surface area contributed by atoms with E-state index in [0.29, 0.717) is 18.5 Å². The summed E-state index contributed by atoms with van der Waals surface area (Å²) in [5.41, 5.74) is -0.285. The number of piperidine rings is 1. The monoisotopic (exact) mass is 522 g/mol. The fourth-order valence-electron chi connectivity index (χ4n) is 4.57. The first-order chi connectivity index (χ1) is 17.3. The van der Waals surface area contributed by atoms with E-state index in [1.807, 2.05) is 6.07 Å². The van der Waals surface area contributed by atoms with Crippen molar-refractivity contribution in [2.75, 3.05) is 26.2 Å². The number of rotatable bonds is 8. The van der Waals surface area contributed by atoms with Crippen LogP contribution < -0.4 is 10.6 Å². The molecule has 0 bridgehead atoms. The summed E-state index contributed by atoms with van der Waals surface area (Å²) in [5, 5.41) is 5.45. The van der Waals surface area contributed by atoms with E-state index in [4.69, 9.17) is 4.74 Å². The SMILES string of the molecule is CC(C)(C)OC(=O)N[C@@H](CC(=O)N1CCC[C@H]1CNC(=O)c1ccccc1)CN1CC(F)(F)CCC1=O. The number of nitrogens with zero attached hydrogens (tertiary/aromatic N) is 2. The molecule has 2 saturated heterocycles. The highest BCUT2D eigenvalue weighted by atomic mass is 19.3. The molecule has 11 heteroatoms. The Morgan fingerprint density at radius 3 is 2.57 bits per heavy atom. The van der Waals surface area contributed by atoms with Gasteiger partial charge in [-0.15, -0.1) is 0 Å². The third kappa shape index (κ3) is 8.68. The molecule has 2 heterocycles. The Hall–Kier alpha value is -3.24. The second-order valence-corrected chi connectivity index (χ2v) is 10.6. The minimum absolute atomic E-state index is 0.197. The standard InChI is InChI=1S/C26H36F2N4O5/c1-25(2,3)37-24(36)30-19(16-31-17-26(27,28)12-11-21(31)33)14-22(34)32-13-7-10-20(32)15-29-23(35)18-8-5-4-6-9-18/h4-6,8-9,19-20H,7,10-17H2,1-3H3,(H,29,35)(H,30,36)/t19-,20-/m0/s1. The molecule has 2 aliphatic heterocycles. The van der Waals surface area contributed by atoms with E-state index in [2.05, 4.69) is 10.6 Å². The first-order valence-corrected chi connectivity index (χ1v) is 12.6. The summed E-state index contributed by atoms with van der Waals surface area (Å²) in [7, 11) is 0. The molecule has 0 spiro atoms. The minimum atomic E-state index is -3.02. The highest BCUT2D eigenvalue weighted by molar-refractivity contribution is 5.94. The molecule has 1 aromatic carbocycles. The number of alkyl carbamates (subject to hydrolysis) is 1. The van der Waals surface area contributed by atoms with Gasteiger partial charge in [0.15, 0.2) is 0 Å². The quantitative estimate of drug-likeness (QED) is 0.546. The summed E-state index contributed by atoms with van der Waals surface area (Å²) in [6, 6.07) is 7.59. The molecule has 0 aromatic heterocycles. The number of likely N-dealkylation sites (tertiary alicyclic amines) is 2. The van der Waals surface area contributed by atoms with Gasteiger partial charge in [-0.05, 0) is 45.7 Å². The van der Waals surface area contributed by atoms with E-state index in [9.17, 15) is 28.0 Å². The maximum Gasteiger partial charge on any atom is 0.407 e. The smallest absolute Gasteiger partial charge is 0.407 e. The fourth-order valence-corrected chi connectivity index (χ4v) is 4.57. The lowest BCUT2D eigenvalue weighted by atomic mass is 10.0. The van der Waals surface area contributed by atoms with Crippen molar-refractivity contribution >= 4 is 23.8 Å². The Kier molecular flexibility index (Phi) is 9.09. The minimum Gasteiger partial charge on any atom is -0.444 e. The van der Waals surface area contributed by atoms with Gasteiger partial charge in [0.2, 0.25) is 11.8 Å². The lowest BCUT2D eigenvalue weighted by Gasteiger charge is -2.35. The van der Waals surface area contributed by atoms with Gasteiger partial charge in [-0.25, -0.2) is 13.6 Å². The maximum absolute atomic E-state index is 14.0. The van der Waals surface area contributed by atoms with Gasteiger partial charge < -0.3 is 25.2 Å². The second kappa shape index (κ2) is 11.9. The lowest BCUT2D eigenvalue weighted by Crippen LogP contribution is -2.54. The largest absolute Gasteiger partial charge is 0.444 e. The van der Waals surface area contributed by atoms with E-state index in [0.717, 1.165) is 11.3 Å². The van der Waals surface area contributed by atoms with Gasteiger partial charge in [-0.1, -0.05) is 18.2 Å². The van der Waals surface area contributed by atoms with Crippen molar-refractivity contribution in [3.63, 3.8) is 0 Å². The Morgan fingerprint density at radius 1 is 1.19 bits per heavy atom. The topological polar surface area (TPSA) is 108 Å². The van der Waals surface area contributed by atoms with Crippen LogP contribution in [0.25, 0.3) is 0 Å². The van der Waals surface area contributed by atoms with E-state index < -0.39 is 42.5 Å². The molecule has 2 N–H and O–H groups in total. The van der Waals surface area contributed by atoms with Crippen molar-refractivity contribution in [3.8, 4) is 0 Å². The predicted molar refractivity (Wildman–Crippen MR) is 132 cm³/mol. The number of hydrogen-bond donors (Lipinski definition) is 2. The first-order valence-electron chi connectivity index (χ1n) is 12.6. The van der Waals surface area contributed by atoms with Crippen LogP contribution in [0.2, 0.25) is 0 Å². The highest BCUT2D eigenvalue weighted by Crippen LogP contribution is 2.28. The Labute approximate surface area is 215 Å². The average Bonchev–Trinajstić information content (AvgIpc) is 3.28. The van der Waals surface area contributed by atoms with Crippen molar-refractivity contribution in [3.05, 3.63) is 35.9 Å². The number of carbonyl (C=O) groups is 4. The summed E-state index contributed by atoms with van der Waals surface area (Å²) in [5.74, 6) is -4.01. The molecule has 0 aliphatic carbocycles. The van der Waals surface area contributed by atoms with Crippen LogP contribution in [0.1, 0.15) is 63.2 Å². The van der Waals surface area contributed by atoms with E-state index in [1.165, 1.54) is 0 Å². The molecule has 1 aromatic rings. The number of hydrogen-bond acceptors (Lipinski definition) is 5. The molecule has 3 rings (SSSR count). The summed E-state index contributed by atoms with van der Waals surface area (Å²) >= 11 is 0. The van der Waals surface area contributed by atoms with Crippen molar-refractivity contribution in [2.45, 2.75) is 76.5 Å². The maximum atomic E-state index is 14.0. The molecule has 37 heavy (non-hydrogen) atoms. The van der Waals surface area contributed by atoms with Crippen molar-refractivity contribution in [2.24, 2.45) is 0 Å². The third-order valence-corrected chi connectivity index (χ3v) is 6.29. The number of benzene rings is 1. The average molecular weight is 523 g/mol. The van der Waals surface area contributed by atoms with Gasteiger partial charge in [-0.3, -0.25) is 14.4 Å². The van der Waals surface area contributed by atoms with Gasteiger partial charge >= 0.3 is 6.09 Å². The summed E-state index contributed by atoms with van der Waals surface area (Å²) in [4.78, 5) is 53.1. The molecular formula is C26H36F2N4O5. The molecule has 0 saturated carbocycles. The van der Waals surface area contributed by atoms with Crippen LogP contribution in [-0.4, -0.2) is 83.4 Å². The number of carbonyl (C=O) groups excluding carboxylic acids is 4. The third-order valence-electron chi connectivity index (χ3n) is 6.29. The van der Waals surface area contributed by atoms with Crippen molar-refractivity contribution < 1.29 is 32.7 Å². The number of ether oxygens (including phenoxy) is 1. The molecule has 0 radical (unpaired) electrons. The zero-order chi connectivity index (χ0) is 27.2.